The minimum absolute atomic E-state index is 0.116. The third-order valence-electron chi connectivity index (χ3n) is 4.11. The second-order valence-electron chi connectivity index (χ2n) is 5.99. The Morgan fingerprint density at radius 2 is 2.16 bits per heavy atom. The highest BCUT2D eigenvalue weighted by atomic mass is 35.5. The number of hydrogen-bond acceptors (Lipinski definition) is 4. The molecule has 7 nitrogen and oxygen atoms in total. The summed E-state index contributed by atoms with van der Waals surface area (Å²) in [4.78, 5) is 36.5. The molecule has 0 aliphatic carbocycles. The van der Waals surface area contributed by atoms with Crippen LogP contribution in [0.4, 0.5) is 0 Å². The number of amides is 2. The van der Waals surface area contributed by atoms with Crippen molar-refractivity contribution >= 4 is 29.4 Å². The molecule has 2 unspecified atom stereocenters. The standard InChI is InChI=1S/C17H21ClN2O5/c1-10(17(23)24)20(6-5-19-11(2)21)16(22)13-7-12-8-14(18)3-4-15(12)25-9-13/h3-4,8,10,13H,5-7,9H2,1-2H3,(H,19,21)(H,23,24). The Morgan fingerprint density at radius 1 is 1.44 bits per heavy atom. The Kier molecular flexibility index (Phi) is 6.25. The third kappa shape index (κ3) is 4.85. The predicted octanol–water partition coefficient (Wildman–Crippen LogP) is 1.33. The number of halogens is 1. The van der Waals surface area contributed by atoms with E-state index in [1.807, 2.05) is 0 Å². The second kappa shape index (κ2) is 8.20. The molecule has 0 spiro atoms. The first-order valence-corrected chi connectivity index (χ1v) is 8.36. The molecule has 8 heteroatoms. The maximum absolute atomic E-state index is 12.9. The van der Waals surface area contributed by atoms with Crippen molar-refractivity contribution in [3.63, 3.8) is 0 Å². The molecule has 0 saturated heterocycles. The SMILES string of the molecule is CC(=O)NCCN(C(=O)C1COc2ccc(Cl)cc2C1)C(C)C(=O)O. The average molecular weight is 369 g/mol. The van der Waals surface area contributed by atoms with Crippen LogP contribution in [-0.2, 0) is 20.8 Å². The molecule has 1 aromatic rings. The van der Waals surface area contributed by atoms with Gasteiger partial charge in [0.2, 0.25) is 11.8 Å². The molecule has 1 aliphatic rings. The Hall–Kier alpha value is -2.28. The van der Waals surface area contributed by atoms with Crippen molar-refractivity contribution in [3.05, 3.63) is 28.8 Å². The largest absolute Gasteiger partial charge is 0.492 e. The summed E-state index contributed by atoms with van der Waals surface area (Å²) in [5.41, 5.74) is 0.821. The summed E-state index contributed by atoms with van der Waals surface area (Å²) < 4.78 is 5.62. The van der Waals surface area contributed by atoms with Crippen LogP contribution < -0.4 is 10.1 Å². The quantitative estimate of drug-likeness (QED) is 0.789. The zero-order valence-electron chi connectivity index (χ0n) is 14.1. The molecule has 0 saturated carbocycles. The van der Waals surface area contributed by atoms with E-state index in [2.05, 4.69) is 5.32 Å². The maximum atomic E-state index is 12.9. The normalized spacial score (nSPS) is 17.0. The van der Waals surface area contributed by atoms with Crippen molar-refractivity contribution in [2.75, 3.05) is 19.7 Å². The van der Waals surface area contributed by atoms with Crippen molar-refractivity contribution in [1.29, 1.82) is 0 Å². The van der Waals surface area contributed by atoms with Gasteiger partial charge < -0.3 is 20.1 Å². The number of carbonyl (C=O) groups excluding carboxylic acids is 2. The highest BCUT2D eigenvalue weighted by molar-refractivity contribution is 6.30. The van der Waals surface area contributed by atoms with E-state index in [0.29, 0.717) is 17.2 Å². The number of hydrogen-bond donors (Lipinski definition) is 2. The molecular weight excluding hydrogens is 348 g/mol. The number of rotatable bonds is 6. The summed E-state index contributed by atoms with van der Waals surface area (Å²) in [5.74, 6) is -1.46. The van der Waals surface area contributed by atoms with Crippen LogP contribution in [0.25, 0.3) is 0 Å². The molecule has 0 aromatic heterocycles. The molecule has 1 aliphatic heterocycles. The van der Waals surface area contributed by atoms with Gasteiger partial charge in [-0.05, 0) is 37.1 Å². The van der Waals surface area contributed by atoms with E-state index in [1.54, 1.807) is 18.2 Å². The van der Waals surface area contributed by atoms with E-state index in [0.717, 1.165) is 5.56 Å². The fourth-order valence-electron chi connectivity index (χ4n) is 2.74. The molecule has 2 N–H and O–H groups in total. The lowest BCUT2D eigenvalue weighted by Crippen LogP contribution is -2.50. The van der Waals surface area contributed by atoms with Crippen LogP contribution in [0.3, 0.4) is 0 Å². The molecular formula is C17H21ClN2O5. The summed E-state index contributed by atoms with van der Waals surface area (Å²) in [6, 6.07) is 4.22. The summed E-state index contributed by atoms with van der Waals surface area (Å²) >= 11 is 5.99. The van der Waals surface area contributed by atoms with Crippen molar-refractivity contribution in [2.45, 2.75) is 26.3 Å². The minimum atomic E-state index is -1.10. The number of ether oxygens (including phenoxy) is 1. The minimum Gasteiger partial charge on any atom is -0.492 e. The van der Waals surface area contributed by atoms with Crippen LogP contribution in [0.15, 0.2) is 18.2 Å². The van der Waals surface area contributed by atoms with E-state index in [-0.39, 0.29) is 31.5 Å². The van der Waals surface area contributed by atoms with Crippen LogP contribution in [-0.4, -0.2) is 53.5 Å². The second-order valence-corrected chi connectivity index (χ2v) is 6.43. The number of benzene rings is 1. The number of nitrogens with zero attached hydrogens (tertiary/aromatic N) is 1. The molecule has 2 rings (SSSR count). The van der Waals surface area contributed by atoms with Gasteiger partial charge in [0, 0.05) is 25.0 Å². The first kappa shape index (κ1) is 19.1. The topological polar surface area (TPSA) is 95.9 Å². The zero-order chi connectivity index (χ0) is 18.6. The van der Waals surface area contributed by atoms with E-state index in [9.17, 15) is 19.5 Å². The Morgan fingerprint density at radius 3 is 2.80 bits per heavy atom. The predicted molar refractivity (Wildman–Crippen MR) is 91.6 cm³/mol. The summed E-state index contributed by atoms with van der Waals surface area (Å²) in [6.07, 6.45) is 0.428. The van der Waals surface area contributed by atoms with Crippen LogP contribution in [0.2, 0.25) is 5.02 Å². The smallest absolute Gasteiger partial charge is 0.326 e. The van der Waals surface area contributed by atoms with Gasteiger partial charge in [0.1, 0.15) is 18.4 Å². The van der Waals surface area contributed by atoms with Crippen LogP contribution in [0.1, 0.15) is 19.4 Å². The summed E-state index contributed by atoms with van der Waals surface area (Å²) in [7, 11) is 0. The Bertz CT molecular complexity index is 679. The summed E-state index contributed by atoms with van der Waals surface area (Å²) in [5, 5.41) is 12.4. The molecule has 0 radical (unpaired) electrons. The third-order valence-corrected chi connectivity index (χ3v) is 4.35. The summed E-state index contributed by atoms with van der Waals surface area (Å²) in [6.45, 7) is 3.29. The lowest BCUT2D eigenvalue weighted by molar-refractivity contribution is -0.152. The van der Waals surface area contributed by atoms with Gasteiger partial charge in [-0.15, -0.1) is 0 Å². The first-order valence-electron chi connectivity index (χ1n) is 7.98. The average Bonchev–Trinajstić information content (AvgIpc) is 2.56. The number of nitrogens with one attached hydrogen (secondary N) is 1. The molecule has 2 amide bonds. The number of carbonyl (C=O) groups is 3. The number of fused-ring (bicyclic) bond motifs is 1. The van der Waals surface area contributed by atoms with Gasteiger partial charge in [0.05, 0.1) is 5.92 Å². The molecule has 136 valence electrons. The number of carboxylic acids is 1. The van der Waals surface area contributed by atoms with Crippen LogP contribution in [0, 0.1) is 5.92 Å². The molecule has 0 fully saturated rings. The molecule has 1 heterocycles. The van der Waals surface area contributed by atoms with E-state index in [4.69, 9.17) is 16.3 Å². The van der Waals surface area contributed by atoms with Crippen LogP contribution >= 0.6 is 11.6 Å². The lowest BCUT2D eigenvalue weighted by Gasteiger charge is -2.32. The Balaban J connectivity index is 2.12. The van der Waals surface area contributed by atoms with E-state index < -0.39 is 17.9 Å². The van der Waals surface area contributed by atoms with Crippen LogP contribution in [0.5, 0.6) is 5.75 Å². The molecule has 2 atom stereocenters. The van der Waals surface area contributed by atoms with E-state index in [1.165, 1.54) is 18.7 Å². The van der Waals surface area contributed by atoms with Gasteiger partial charge in [-0.1, -0.05) is 11.6 Å². The van der Waals surface area contributed by atoms with Crippen molar-refractivity contribution in [1.82, 2.24) is 10.2 Å². The van der Waals surface area contributed by atoms with Crippen molar-refractivity contribution in [3.8, 4) is 5.75 Å². The van der Waals surface area contributed by atoms with Gasteiger partial charge in [-0.2, -0.15) is 0 Å². The zero-order valence-corrected chi connectivity index (χ0v) is 14.9. The molecule has 0 bridgehead atoms. The fourth-order valence-corrected chi connectivity index (χ4v) is 2.93. The van der Waals surface area contributed by atoms with Gasteiger partial charge in [-0.25, -0.2) is 4.79 Å². The number of carboxylic acid groups (broad SMARTS) is 1. The molecule has 25 heavy (non-hydrogen) atoms. The van der Waals surface area contributed by atoms with Crippen molar-refractivity contribution < 1.29 is 24.2 Å². The van der Waals surface area contributed by atoms with Gasteiger partial charge in [0.15, 0.2) is 0 Å². The van der Waals surface area contributed by atoms with Gasteiger partial charge >= 0.3 is 5.97 Å². The first-order chi connectivity index (χ1) is 11.8. The maximum Gasteiger partial charge on any atom is 0.326 e. The Labute approximate surface area is 150 Å². The monoisotopic (exact) mass is 368 g/mol. The number of aliphatic carboxylic acids is 1. The van der Waals surface area contributed by atoms with Gasteiger partial charge in [-0.3, -0.25) is 9.59 Å². The highest BCUT2D eigenvalue weighted by Crippen LogP contribution is 2.30. The lowest BCUT2D eigenvalue weighted by atomic mass is 9.95. The van der Waals surface area contributed by atoms with Crippen molar-refractivity contribution in [2.24, 2.45) is 5.92 Å². The van der Waals surface area contributed by atoms with E-state index >= 15 is 0 Å². The molecule has 1 aromatic carbocycles. The fraction of sp³-hybridized carbons (Fsp3) is 0.471. The van der Waals surface area contributed by atoms with Gasteiger partial charge in [0.25, 0.3) is 0 Å². The highest BCUT2D eigenvalue weighted by Gasteiger charge is 2.33.